The van der Waals surface area contributed by atoms with Gasteiger partial charge in [-0.3, -0.25) is 0 Å². The van der Waals surface area contributed by atoms with E-state index in [-0.39, 0.29) is 5.92 Å². The molecule has 128 valence electrons. The van der Waals surface area contributed by atoms with Crippen LogP contribution in [0.3, 0.4) is 0 Å². The van der Waals surface area contributed by atoms with Gasteiger partial charge in [-0.05, 0) is 74.5 Å². The van der Waals surface area contributed by atoms with Crippen molar-refractivity contribution in [3.63, 3.8) is 0 Å². The van der Waals surface area contributed by atoms with Gasteiger partial charge < -0.3 is 0 Å². The molecule has 1 aromatic rings. The van der Waals surface area contributed by atoms with Crippen LogP contribution in [0.2, 0.25) is 0 Å². The molecular formula is C20H27F3. The second-order valence-electron chi connectivity index (χ2n) is 6.68. The summed E-state index contributed by atoms with van der Waals surface area (Å²) in [5.74, 6) is -2.59. The highest BCUT2D eigenvalue weighted by atomic mass is 19.2. The summed E-state index contributed by atoms with van der Waals surface area (Å²) in [6, 6.07) is 2.34. The fourth-order valence-corrected chi connectivity index (χ4v) is 3.58. The minimum absolute atomic E-state index is 0.170. The topological polar surface area (TPSA) is 0 Å². The van der Waals surface area contributed by atoms with Crippen LogP contribution in [-0.2, 0) is 0 Å². The highest BCUT2D eigenvalue weighted by Gasteiger charge is 2.24. The van der Waals surface area contributed by atoms with Gasteiger partial charge in [-0.25, -0.2) is 13.2 Å². The Morgan fingerprint density at radius 2 is 1.61 bits per heavy atom. The van der Waals surface area contributed by atoms with E-state index in [1.807, 2.05) is 0 Å². The second-order valence-corrected chi connectivity index (χ2v) is 6.68. The summed E-state index contributed by atoms with van der Waals surface area (Å²) in [5.41, 5.74) is 0.615. The van der Waals surface area contributed by atoms with E-state index in [1.165, 1.54) is 31.4 Å². The van der Waals surface area contributed by atoms with E-state index >= 15 is 0 Å². The van der Waals surface area contributed by atoms with Crippen molar-refractivity contribution in [1.82, 2.24) is 0 Å². The quantitative estimate of drug-likeness (QED) is 0.290. The maximum absolute atomic E-state index is 13.3. The van der Waals surface area contributed by atoms with Crippen molar-refractivity contribution in [2.45, 2.75) is 70.6 Å². The van der Waals surface area contributed by atoms with Crippen molar-refractivity contribution in [2.24, 2.45) is 5.92 Å². The molecule has 0 aromatic heterocycles. The zero-order valence-corrected chi connectivity index (χ0v) is 14.0. The molecule has 3 heteroatoms. The van der Waals surface area contributed by atoms with Gasteiger partial charge in [0.1, 0.15) is 0 Å². The number of halogens is 3. The van der Waals surface area contributed by atoms with E-state index < -0.39 is 17.5 Å². The highest BCUT2D eigenvalue weighted by molar-refractivity contribution is 5.23. The maximum atomic E-state index is 13.3. The predicted octanol–water partition coefficient (Wildman–Crippen LogP) is 6.90. The summed E-state index contributed by atoms with van der Waals surface area (Å²) in [6.45, 7) is 2.15. The standard InChI is InChI=1S/C20H27F3/c1-2-3-4-5-6-7-8-15-9-11-16(12-10-15)17-13-18(21)20(23)19(22)14-17/h3-4,13-16H,2,5-12H2,1H3/b4-3+/t15-,16-. The van der Waals surface area contributed by atoms with Gasteiger partial charge in [0.05, 0.1) is 0 Å². The molecule has 0 saturated heterocycles. The number of hydrogen-bond acceptors (Lipinski definition) is 0. The van der Waals surface area contributed by atoms with Gasteiger partial charge in [0.15, 0.2) is 17.5 Å². The molecule has 0 N–H and O–H groups in total. The van der Waals surface area contributed by atoms with Gasteiger partial charge in [0.25, 0.3) is 0 Å². The minimum Gasteiger partial charge on any atom is -0.204 e. The van der Waals surface area contributed by atoms with E-state index in [1.54, 1.807) is 0 Å². The van der Waals surface area contributed by atoms with Crippen LogP contribution in [0.15, 0.2) is 24.3 Å². The van der Waals surface area contributed by atoms with Crippen molar-refractivity contribution in [3.05, 3.63) is 47.3 Å². The molecule has 0 bridgehead atoms. The number of rotatable bonds is 7. The van der Waals surface area contributed by atoms with Gasteiger partial charge in [-0.15, -0.1) is 0 Å². The average Bonchev–Trinajstić information content (AvgIpc) is 2.56. The highest BCUT2D eigenvalue weighted by Crippen LogP contribution is 2.38. The van der Waals surface area contributed by atoms with Gasteiger partial charge in [0.2, 0.25) is 0 Å². The molecular weight excluding hydrogens is 297 g/mol. The molecule has 1 fully saturated rings. The van der Waals surface area contributed by atoms with Crippen LogP contribution in [0.5, 0.6) is 0 Å². The molecule has 1 aromatic carbocycles. The molecule has 2 rings (SSSR count). The van der Waals surface area contributed by atoms with E-state index in [0.717, 1.165) is 44.4 Å². The second kappa shape index (κ2) is 9.14. The van der Waals surface area contributed by atoms with Crippen molar-refractivity contribution in [2.75, 3.05) is 0 Å². The smallest absolute Gasteiger partial charge is 0.194 e. The van der Waals surface area contributed by atoms with Gasteiger partial charge in [0, 0.05) is 0 Å². The molecule has 0 nitrogen and oxygen atoms in total. The molecule has 1 aliphatic carbocycles. The van der Waals surface area contributed by atoms with Gasteiger partial charge in [-0.2, -0.15) is 0 Å². The summed E-state index contributed by atoms with van der Waals surface area (Å²) >= 11 is 0. The Morgan fingerprint density at radius 1 is 0.957 bits per heavy atom. The SMILES string of the molecule is CC/C=C/CCCC[C@H]1CC[C@H](c2cc(F)c(F)c(F)c2)CC1. The lowest BCUT2D eigenvalue weighted by Crippen LogP contribution is -2.14. The summed E-state index contributed by atoms with van der Waals surface area (Å²) in [6.07, 6.45) is 14.6. The van der Waals surface area contributed by atoms with Crippen LogP contribution in [-0.4, -0.2) is 0 Å². The predicted molar refractivity (Wildman–Crippen MR) is 88.9 cm³/mol. The fourth-order valence-electron chi connectivity index (χ4n) is 3.58. The van der Waals surface area contributed by atoms with Crippen molar-refractivity contribution < 1.29 is 13.2 Å². The molecule has 0 unspecified atom stereocenters. The Hall–Kier alpha value is -1.25. The van der Waals surface area contributed by atoms with Gasteiger partial charge in [-0.1, -0.05) is 31.9 Å². The number of allylic oxidation sites excluding steroid dienone is 2. The first-order chi connectivity index (χ1) is 11.1. The van der Waals surface area contributed by atoms with E-state index in [4.69, 9.17) is 0 Å². The van der Waals surface area contributed by atoms with E-state index in [0.29, 0.717) is 5.56 Å². The molecule has 0 atom stereocenters. The Morgan fingerprint density at radius 3 is 2.22 bits per heavy atom. The molecule has 1 saturated carbocycles. The summed E-state index contributed by atoms with van der Waals surface area (Å²) in [5, 5.41) is 0. The molecule has 0 amide bonds. The number of unbranched alkanes of at least 4 members (excludes halogenated alkanes) is 2. The van der Waals surface area contributed by atoms with Crippen LogP contribution in [0, 0.1) is 23.4 Å². The van der Waals surface area contributed by atoms with E-state index in [2.05, 4.69) is 19.1 Å². The molecule has 0 spiro atoms. The average molecular weight is 324 g/mol. The number of hydrogen-bond donors (Lipinski definition) is 0. The van der Waals surface area contributed by atoms with Crippen LogP contribution in [0.1, 0.15) is 76.2 Å². The Bertz CT molecular complexity index is 491. The normalized spacial score (nSPS) is 21.9. The first-order valence-corrected chi connectivity index (χ1v) is 8.91. The monoisotopic (exact) mass is 324 g/mol. The Balaban J connectivity index is 1.75. The van der Waals surface area contributed by atoms with Crippen LogP contribution in [0.25, 0.3) is 0 Å². The summed E-state index contributed by atoms with van der Waals surface area (Å²) < 4.78 is 39.7. The first kappa shape index (κ1) is 18.1. The largest absolute Gasteiger partial charge is 0.204 e. The van der Waals surface area contributed by atoms with Crippen molar-refractivity contribution in [1.29, 1.82) is 0 Å². The van der Waals surface area contributed by atoms with Crippen LogP contribution < -0.4 is 0 Å². The number of benzene rings is 1. The minimum atomic E-state index is -1.36. The first-order valence-electron chi connectivity index (χ1n) is 8.91. The zero-order chi connectivity index (χ0) is 16.7. The maximum Gasteiger partial charge on any atom is 0.194 e. The molecule has 1 aliphatic rings. The van der Waals surface area contributed by atoms with Crippen molar-refractivity contribution >= 4 is 0 Å². The van der Waals surface area contributed by atoms with Crippen LogP contribution in [0.4, 0.5) is 13.2 Å². The Labute approximate surface area is 137 Å². The van der Waals surface area contributed by atoms with Crippen LogP contribution >= 0.6 is 0 Å². The third-order valence-corrected chi connectivity index (χ3v) is 4.96. The zero-order valence-electron chi connectivity index (χ0n) is 14.0. The van der Waals surface area contributed by atoms with E-state index in [9.17, 15) is 13.2 Å². The third-order valence-electron chi connectivity index (χ3n) is 4.96. The summed E-state index contributed by atoms with van der Waals surface area (Å²) in [4.78, 5) is 0. The van der Waals surface area contributed by atoms with Gasteiger partial charge >= 0.3 is 0 Å². The Kier molecular flexibility index (Phi) is 7.19. The molecule has 0 radical (unpaired) electrons. The summed E-state index contributed by atoms with van der Waals surface area (Å²) in [7, 11) is 0. The fraction of sp³-hybridized carbons (Fsp3) is 0.600. The molecule has 23 heavy (non-hydrogen) atoms. The third kappa shape index (κ3) is 5.40. The van der Waals surface area contributed by atoms with Crippen molar-refractivity contribution in [3.8, 4) is 0 Å². The molecule has 0 heterocycles. The molecule has 0 aliphatic heterocycles. The lowest BCUT2D eigenvalue weighted by Gasteiger charge is -2.29. The lowest BCUT2D eigenvalue weighted by molar-refractivity contribution is 0.302. The lowest BCUT2D eigenvalue weighted by atomic mass is 9.77.